The Morgan fingerprint density at radius 1 is 1.27 bits per heavy atom. The van der Waals surface area contributed by atoms with Gasteiger partial charge in [-0.15, -0.1) is 0 Å². The topological polar surface area (TPSA) is 67.0 Å². The molecule has 0 atom stereocenters. The van der Waals surface area contributed by atoms with Crippen molar-refractivity contribution in [2.75, 3.05) is 19.0 Å². The van der Waals surface area contributed by atoms with E-state index in [1.165, 1.54) is 7.11 Å². The van der Waals surface area contributed by atoms with E-state index in [9.17, 15) is 4.79 Å². The van der Waals surface area contributed by atoms with Crippen LogP contribution in [0.2, 0.25) is 0 Å². The van der Waals surface area contributed by atoms with Crippen LogP contribution in [0.3, 0.4) is 0 Å². The van der Waals surface area contributed by atoms with Gasteiger partial charge in [-0.25, -0.2) is 4.98 Å². The number of nitrogens with zero attached hydrogens (tertiary/aromatic N) is 1. The highest BCUT2D eigenvalue weighted by Crippen LogP contribution is 2.26. The molecule has 22 heavy (non-hydrogen) atoms. The van der Waals surface area contributed by atoms with Gasteiger partial charge < -0.3 is 15.0 Å². The van der Waals surface area contributed by atoms with Gasteiger partial charge in [0.15, 0.2) is 0 Å². The standard InChI is InChI=1S/C17H17N3O2/c1-11-7-8-12(18-16(21)10-22-2)9-13(11)17-19-14-5-3-4-6-15(14)20-17/h3-9H,10H2,1-2H3,(H,18,21)(H,19,20). The highest BCUT2D eigenvalue weighted by Gasteiger charge is 2.10. The fraction of sp³-hybridized carbons (Fsp3) is 0.176. The molecule has 112 valence electrons. The summed E-state index contributed by atoms with van der Waals surface area (Å²) in [6.07, 6.45) is 0. The minimum atomic E-state index is -0.179. The number of aromatic amines is 1. The van der Waals surface area contributed by atoms with Crippen LogP contribution in [-0.2, 0) is 9.53 Å². The van der Waals surface area contributed by atoms with Crippen molar-refractivity contribution in [2.45, 2.75) is 6.92 Å². The van der Waals surface area contributed by atoms with Crippen molar-refractivity contribution in [3.8, 4) is 11.4 Å². The summed E-state index contributed by atoms with van der Waals surface area (Å²) >= 11 is 0. The summed E-state index contributed by atoms with van der Waals surface area (Å²) in [6.45, 7) is 2.05. The first-order valence-electron chi connectivity index (χ1n) is 7.02. The quantitative estimate of drug-likeness (QED) is 0.777. The zero-order chi connectivity index (χ0) is 15.5. The van der Waals surface area contributed by atoms with Crippen molar-refractivity contribution < 1.29 is 9.53 Å². The molecule has 2 aromatic carbocycles. The SMILES string of the molecule is COCC(=O)Nc1ccc(C)c(-c2nc3ccccc3[nH]2)c1. The lowest BCUT2D eigenvalue weighted by atomic mass is 10.1. The lowest BCUT2D eigenvalue weighted by molar-refractivity contribution is -0.119. The molecule has 3 rings (SSSR count). The predicted octanol–water partition coefficient (Wildman–Crippen LogP) is 3.12. The number of methoxy groups -OCH3 is 1. The van der Waals surface area contributed by atoms with Crippen molar-refractivity contribution in [1.29, 1.82) is 0 Å². The number of carbonyl (C=O) groups is 1. The second-order valence-corrected chi connectivity index (χ2v) is 5.11. The number of para-hydroxylation sites is 2. The summed E-state index contributed by atoms with van der Waals surface area (Å²) in [4.78, 5) is 19.5. The molecule has 0 unspecified atom stereocenters. The number of rotatable bonds is 4. The maximum atomic E-state index is 11.6. The van der Waals surface area contributed by atoms with Gasteiger partial charge in [0.05, 0.1) is 11.0 Å². The molecule has 1 amide bonds. The molecule has 0 aliphatic rings. The summed E-state index contributed by atoms with van der Waals surface area (Å²) in [7, 11) is 1.49. The third-order valence-electron chi connectivity index (χ3n) is 3.44. The smallest absolute Gasteiger partial charge is 0.250 e. The van der Waals surface area contributed by atoms with Crippen molar-refractivity contribution in [3.05, 3.63) is 48.0 Å². The van der Waals surface area contributed by atoms with Crippen LogP contribution in [-0.4, -0.2) is 29.6 Å². The van der Waals surface area contributed by atoms with Gasteiger partial charge in [-0.05, 0) is 36.8 Å². The van der Waals surface area contributed by atoms with Gasteiger partial charge in [-0.1, -0.05) is 18.2 Å². The number of benzene rings is 2. The highest BCUT2D eigenvalue weighted by atomic mass is 16.5. The Morgan fingerprint density at radius 2 is 2.09 bits per heavy atom. The largest absolute Gasteiger partial charge is 0.375 e. The summed E-state index contributed by atoms with van der Waals surface area (Å²) in [6, 6.07) is 13.6. The average molecular weight is 295 g/mol. The number of nitrogens with one attached hydrogen (secondary N) is 2. The molecule has 1 aromatic heterocycles. The number of aryl methyl sites for hydroxylation is 1. The van der Waals surface area contributed by atoms with Gasteiger partial charge >= 0.3 is 0 Å². The second-order valence-electron chi connectivity index (χ2n) is 5.11. The monoisotopic (exact) mass is 295 g/mol. The van der Waals surface area contributed by atoms with Gasteiger partial charge in [0.1, 0.15) is 12.4 Å². The molecular weight excluding hydrogens is 278 g/mol. The van der Waals surface area contributed by atoms with E-state index < -0.39 is 0 Å². The van der Waals surface area contributed by atoms with Crippen molar-refractivity contribution >= 4 is 22.6 Å². The van der Waals surface area contributed by atoms with E-state index in [-0.39, 0.29) is 12.5 Å². The van der Waals surface area contributed by atoms with Crippen molar-refractivity contribution in [3.63, 3.8) is 0 Å². The van der Waals surface area contributed by atoms with Crippen LogP contribution >= 0.6 is 0 Å². The van der Waals surface area contributed by atoms with Crippen LogP contribution in [0, 0.1) is 6.92 Å². The Morgan fingerprint density at radius 3 is 2.86 bits per heavy atom. The summed E-state index contributed by atoms with van der Waals surface area (Å²) in [5.41, 5.74) is 4.69. The number of hydrogen-bond donors (Lipinski definition) is 2. The maximum Gasteiger partial charge on any atom is 0.250 e. The molecule has 0 aliphatic carbocycles. The van der Waals surface area contributed by atoms with E-state index in [2.05, 4.69) is 15.3 Å². The number of fused-ring (bicyclic) bond motifs is 1. The number of ether oxygens (including phenoxy) is 1. The van der Waals surface area contributed by atoms with Crippen molar-refractivity contribution in [2.24, 2.45) is 0 Å². The first-order chi connectivity index (χ1) is 10.7. The van der Waals surface area contributed by atoms with Crippen LogP contribution < -0.4 is 5.32 Å². The zero-order valence-corrected chi connectivity index (χ0v) is 12.5. The normalized spacial score (nSPS) is 10.8. The molecule has 5 nitrogen and oxygen atoms in total. The molecule has 5 heteroatoms. The number of imidazole rings is 1. The van der Waals surface area contributed by atoms with Crippen LogP contribution in [0.1, 0.15) is 5.56 Å². The van der Waals surface area contributed by atoms with E-state index in [1.807, 2.05) is 49.4 Å². The van der Waals surface area contributed by atoms with Gasteiger partial charge in [0.25, 0.3) is 0 Å². The minimum Gasteiger partial charge on any atom is -0.375 e. The summed E-state index contributed by atoms with van der Waals surface area (Å²) < 4.78 is 4.82. The van der Waals surface area contributed by atoms with Crippen LogP contribution in [0.15, 0.2) is 42.5 Å². The Bertz CT molecular complexity index is 791. The molecule has 3 aromatic rings. The minimum absolute atomic E-state index is 0.0356. The van der Waals surface area contributed by atoms with E-state index in [1.54, 1.807) is 0 Å². The van der Waals surface area contributed by atoms with Crippen LogP contribution in [0.4, 0.5) is 5.69 Å². The lowest BCUT2D eigenvalue weighted by Crippen LogP contribution is -2.17. The van der Waals surface area contributed by atoms with E-state index in [0.717, 1.165) is 33.7 Å². The van der Waals surface area contributed by atoms with E-state index >= 15 is 0 Å². The fourth-order valence-corrected chi connectivity index (χ4v) is 2.36. The van der Waals surface area contributed by atoms with Gasteiger partial charge in [-0.2, -0.15) is 0 Å². The average Bonchev–Trinajstić information content (AvgIpc) is 2.93. The lowest BCUT2D eigenvalue weighted by Gasteiger charge is -2.08. The molecule has 0 fully saturated rings. The van der Waals surface area contributed by atoms with E-state index in [4.69, 9.17) is 4.74 Å². The Labute approximate surface area is 128 Å². The van der Waals surface area contributed by atoms with Gasteiger partial charge in [0, 0.05) is 18.4 Å². The zero-order valence-electron chi connectivity index (χ0n) is 12.5. The number of hydrogen-bond acceptors (Lipinski definition) is 3. The summed E-state index contributed by atoms with van der Waals surface area (Å²) in [5.74, 6) is 0.614. The Balaban J connectivity index is 1.97. The van der Waals surface area contributed by atoms with Crippen LogP contribution in [0.5, 0.6) is 0 Å². The van der Waals surface area contributed by atoms with Crippen LogP contribution in [0.25, 0.3) is 22.4 Å². The number of amides is 1. The first-order valence-corrected chi connectivity index (χ1v) is 7.02. The Hall–Kier alpha value is -2.66. The number of carbonyl (C=O) groups excluding carboxylic acids is 1. The molecule has 2 N–H and O–H groups in total. The molecule has 0 spiro atoms. The molecule has 0 saturated heterocycles. The van der Waals surface area contributed by atoms with Gasteiger partial charge in [0.2, 0.25) is 5.91 Å². The molecule has 1 heterocycles. The fourth-order valence-electron chi connectivity index (χ4n) is 2.36. The number of anilines is 1. The third-order valence-corrected chi connectivity index (χ3v) is 3.44. The van der Waals surface area contributed by atoms with Crippen molar-refractivity contribution in [1.82, 2.24) is 9.97 Å². The highest BCUT2D eigenvalue weighted by molar-refractivity contribution is 5.92. The second kappa shape index (κ2) is 5.99. The molecule has 0 saturated carbocycles. The Kier molecular flexibility index (Phi) is 3.89. The molecular formula is C17H17N3O2. The molecule has 0 aliphatic heterocycles. The molecule has 0 radical (unpaired) electrons. The first kappa shape index (κ1) is 14.3. The van der Waals surface area contributed by atoms with E-state index in [0.29, 0.717) is 0 Å². The predicted molar refractivity (Wildman–Crippen MR) is 86.8 cm³/mol. The third kappa shape index (κ3) is 2.84. The summed E-state index contributed by atoms with van der Waals surface area (Å²) in [5, 5.41) is 2.81. The van der Waals surface area contributed by atoms with Gasteiger partial charge in [-0.3, -0.25) is 4.79 Å². The maximum absolute atomic E-state index is 11.6. The molecule has 0 bridgehead atoms. The number of H-pyrrole nitrogens is 1. The number of aromatic nitrogens is 2.